The molecule has 0 saturated heterocycles. The van der Waals surface area contributed by atoms with Crippen LogP contribution in [0.15, 0.2) is 136 Å². The minimum atomic E-state index is 0.272. The number of nitrogens with zero attached hydrogens (tertiary/aromatic N) is 2. The Morgan fingerprint density at radius 2 is 1.14 bits per heavy atom. The molecule has 0 atom stereocenters. The maximum atomic E-state index is 4.84. The van der Waals surface area contributed by atoms with Crippen molar-refractivity contribution in [3.05, 3.63) is 133 Å². The molecule has 0 fully saturated rings. The van der Waals surface area contributed by atoms with E-state index in [1.54, 1.807) is 0 Å². The summed E-state index contributed by atoms with van der Waals surface area (Å²) in [4.78, 5) is 13.4. The van der Waals surface area contributed by atoms with E-state index in [0.29, 0.717) is 0 Å². The first-order valence-electron chi connectivity index (χ1n) is 12.1. The van der Waals surface area contributed by atoms with Crippen LogP contribution in [0.2, 0.25) is 0 Å². The average molecular weight is 580 g/mol. The first-order valence-corrected chi connectivity index (χ1v) is 16.0. The molecule has 0 radical (unpaired) electrons. The number of benzene rings is 4. The summed E-state index contributed by atoms with van der Waals surface area (Å²) in [6.07, 6.45) is 4.11. The number of thioether (sulfide) groups is 1. The molecular formula is C32H24N2S2Se. The second-order valence-electron chi connectivity index (χ2n) is 8.59. The van der Waals surface area contributed by atoms with Crippen LogP contribution in [0.3, 0.4) is 0 Å². The quantitative estimate of drug-likeness (QED) is 0.136. The monoisotopic (exact) mass is 580 g/mol. The van der Waals surface area contributed by atoms with Crippen molar-refractivity contribution in [3.63, 3.8) is 0 Å². The summed E-state index contributed by atoms with van der Waals surface area (Å²) < 4.78 is 1.42. The number of aromatic nitrogens is 2. The molecule has 2 nitrogen and oxygen atoms in total. The summed E-state index contributed by atoms with van der Waals surface area (Å²) >= 11 is 3.97. The van der Waals surface area contributed by atoms with E-state index in [-0.39, 0.29) is 15.0 Å². The van der Waals surface area contributed by atoms with Gasteiger partial charge in [-0.2, -0.15) is 0 Å². The van der Waals surface area contributed by atoms with E-state index in [1.807, 2.05) is 29.7 Å². The molecule has 0 aliphatic carbocycles. The molecule has 5 heteroatoms. The molecule has 0 unspecified atom stereocenters. The van der Waals surface area contributed by atoms with E-state index in [4.69, 9.17) is 9.97 Å². The zero-order chi connectivity index (χ0) is 24.9. The molecular weight excluding hydrogens is 555 g/mol. The molecule has 0 aliphatic rings. The van der Waals surface area contributed by atoms with Gasteiger partial charge in [0.15, 0.2) is 0 Å². The number of para-hydroxylation sites is 2. The van der Waals surface area contributed by atoms with Gasteiger partial charge >= 0.3 is 233 Å². The van der Waals surface area contributed by atoms with E-state index >= 15 is 0 Å². The standard InChI is InChI=1S/C32H24N2S2Se/c1-3-11-23(12-4-1)21-35-31-25-15-7-9-17-27(25)33-19-29(31)36-30-20-34-28-18-10-8-16-26(28)32(30)37-22-24-13-5-2-6-14-24/h1-20H,21-22H2. The first-order chi connectivity index (χ1) is 18.3. The number of pyridine rings is 2. The summed E-state index contributed by atoms with van der Waals surface area (Å²) in [5.41, 5.74) is 4.80. The Morgan fingerprint density at radius 1 is 0.568 bits per heavy atom. The number of fused-ring (bicyclic) bond motifs is 2. The van der Waals surface area contributed by atoms with Gasteiger partial charge in [-0.15, -0.1) is 0 Å². The van der Waals surface area contributed by atoms with Crippen LogP contribution in [-0.2, 0) is 11.1 Å². The Hall–Kier alpha value is -3.08. The second kappa shape index (κ2) is 11.5. The minimum absolute atomic E-state index is 0.272. The summed E-state index contributed by atoms with van der Waals surface area (Å²) in [7, 11) is 0. The van der Waals surface area contributed by atoms with Crippen molar-refractivity contribution >= 4 is 64.7 Å². The maximum absolute atomic E-state index is 4.84. The van der Waals surface area contributed by atoms with Gasteiger partial charge in [0.1, 0.15) is 0 Å². The molecule has 180 valence electrons. The van der Waals surface area contributed by atoms with Gasteiger partial charge in [-0.25, -0.2) is 0 Å². The van der Waals surface area contributed by atoms with Crippen molar-refractivity contribution in [2.24, 2.45) is 0 Å². The predicted octanol–water partition coefficient (Wildman–Crippen LogP) is 7.76. The van der Waals surface area contributed by atoms with E-state index in [1.165, 1.54) is 41.0 Å². The van der Waals surface area contributed by atoms with Crippen LogP contribution in [0.4, 0.5) is 0 Å². The van der Waals surface area contributed by atoms with Crippen molar-refractivity contribution in [1.82, 2.24) is 9.97 Å². The van der Waals surface area contributed by atoms with Crippen molar-refractivity contribution in [3.8, 4) is 0 Å². The molecule has 0 bridgehead atoms. The average Bonchev–Trinajstić information content (AvgIpc) is 2.97. The van der Waals surface area contributed by atoms with E-state index in [2.05, 4.69) is 115 Å². The van der Waals surface area contributed by atoms with Gasteiger partial charge in [0.25, 0.3) is 0 Å². The van der Waals surface area contributed by atoms with Crippen molar-refractivity contribution < 1.29 is 0 Å². The van der Waals surface area contributed by atoms with Gasteiger partial charge in [-0.05, 0) is 0 Å². The Kier molecular flexibility index (Phi) is 7.57. The molecule has 6 rings (SSSR count). The molecule has 2 aromatic heterocycles. The third-order valence-electron chi connectivity index (χ3n) is 6.06. The Labute approximate surface area is 232 Å². The van der Waals surface area contributed by atoms with Crippen LogP contribution in [0.25, 0.3) is 21.8 Å². The van der Waals surface area contributed by atoms with Crippen LogP contribution < -0.4 is 4.46 Å². The normalized spacial score (nSPS) is 11.2. The van der Waals surface area contributed by atoms with Crippen LogP contribution in [-0.4, -0.2) is 24.9 Å². The molecule has 37 heavy (non-hydrogen) atoms. The molecule has 0 aliphatic heterocycles. The molecule has 0 spiro atoms. The SMILES string of the molecule is c1ccc(CSc2c(Sc3cnc4ccccc4c3[Se]Cc3ccccc3)cnc3ccccc23)cc1. The summed E-state index contributed by atoms with van der Waals surface area (Å²) in [5.74, 6) is 0.920. The van der Waals surface area contributed by atoms with Crippen LogP contribution >= 0.6 is 23.5 Å². The van der Waals surface area contributed by atoms with E-state index < -0.39 is 0 Å². The molecule has 0 N–H and O–H groups in total. The van der Waals surface area contributed by atoms with Crippen molar-refractivity contribution in [2.45, 2.75) is 25.8 Å². The van der Waals surface area contributed by atoms with Gasteiger partial charge in [0.2, 0.25) is 0 Å². The fourth-order valence-electron chi connectivity index (χ4n) is 4.22. The van der Waals surface area contributed by atoms with Gasteiger partial charge in [0, 0.05) is 0 Å². The number of hydrogen-bond acceptors (Lipinski definition) is 4. The zero-order valence-corrected chi connectivity index (χ0v) is 23.4. The first kappa shape index (κ1) is 24.3. The topological polar surface area (TPSA) is 25.8 Å². The summed E-state index contributed by atoms with van der Waals surface area (Å²) in [6.45, 7) is 0. The van der Waals surface area contributed by atoms with Crippen LogP contribution in [0.1, 0.15) is 11.1 Å². The summed E-state index contributed by atoms with van der Waals surface area (Å²) in [5, 5.41) is 3.52. The third-order valence-corrected chi connectivity index (χ3v) is 11.3. The van der Waals surface area contributed by atoms with Gasteiger partial charge in [0.05, 0.1) is 0 Å². The van der Waals surface area contributed by atoms with Crippen molar-refractivity contribution in [2.75, 3.05) is 0 Å². The van der Waals surface area contributed by atoms with Gasteiger partial charge in [-0.1, -0.05) is 0 Å². The fraction of sp³-hybridized carbons (Fsp3) is 0.0625. The Bertz CT molecular complexity index is 1530. The van der Waals surface area contributed by atoms with E-state index in [0.717, 1.165) is 22.1 Å². The van der Waals surface area contributed by atoms with Gasteiger partial charge < -0.3 is 0 Å². The zero-order valence-electron chi connectivity index (χ0n) is 20.1. The van der Waals surface area contributed by atoms with Crippen molar-refractivity contribution in [1.29, 1.82) is 0 Å². The Balaban J connectivity index is 1.39. The summed E-state index contributed by atoms with van der Waals surface area (Å²) in [6, 6.07) is 38.5. The van der Waals surface area contributed by atoms with E-state index in [9.17, 15) is 0 Å². The molecule has 6 aromatic rings. The fourth-order valence-corrected chi connectivity index (χ4v) is 9.12. The predicted molar refractivity (Wildman–Crippen MR) is 159 cm³/mol. The second-order valence-corrected chi connectivity index (χ2v) is 12.7. The van der Waals surface area contributed by atoms with Crippen LogP contribution in [0.5, 0.6) is 0 Å². The Morgan fingerprint density at radius 3 is 1.86 bits per heavy atom. The van der Waals surface area contributed by atoms with Crippen LogP contribution in [0, 0.1) is 0 Å². The molecule has 2 heterocycles. The third kappa shape index (κ3) is 5.61. The number of rotatable bonds is 8. The molecule has 0 amide bonds. The molecule has 4 aromatic carbocycles. The molecule has 0 saturated carbocycles. The number of hydrogen-bond donors (Lipinski definition) is 0. The van der Waals surface area contributed by atoms with Gasteiger partial charge in [-0.3, -0.25) is 0 Å².